The quantitative estimate of drug-likeness (QED) is 0.880. The van der Waals surface area contributed by atoms with Crippen LogP contribution in [0.5, 0.6) is 0 Å². The van der Waals surface area contributed by atoms with E-state index in [-0.39, 0.29) is 0 Å². The molecule has 1 aliphatic heterocycles. The highest BCUT2D eigenvalue weighted by atomic mass is 15.2. The van der Waals surface area contributed by atoms with Crippen LogP contribution in [0.2, 0.25) is 0 Å². The van der Waals surface area contributed by atoms with E-state index in [1.807, 2.05) is 0 Å². The van der Waals surface area contributed by atoms with Crippen molar-refractivity contribution < 1.29 is 0 Å². The van der Waals surface area contributed by atoms with Gasteiger partial charge >= 0.3 is 0 Å². The summed E-state index contributed by atoms with van der Waals surface area (Å²) in [6.45, 7) is 10.00. The van der Waals surface area contributed by atoms with Crippen molar-refractivity contribution in [3.8, 4) is 0 Å². The summed E-state index contributed by atoms with van der Waals surface area (Å²) < 4.78 is 0. The van der Waals surface area contributed by atoms with Crippen molar-refractivity contribution in [1.29, 1.82) is 0 Å². The second kappa shape index (κ2) is 6.53. The van der Waals surface area contributed by atoms with Gasteiger partial charge in [0.2, 0.25) is 0 Å². The Morgan fingerprint density at radius 3 is 2.00 bits per heavy atom. The molecular formula is C17H28N2. The third kappa shape index (κ3) is 3.37. The maximum atomic E-state index is 6.03. The fraction of sp³-hybridized carbons (Fsp3) is 0.647. The monoisotopic (exact) mass is 260 g/mol. The summed E-state index contributed by atoms with van der Waals surface area (Å²) in [5.41, 5.74) is 8.87. The van der Waals surface area contributed by atoms with Gasteiger partial charge in [0, 0.05) is 12.6 Å². The molecule has 1 heterocycles. The van der Waals surface area contributed by atoms with E-state index >= 15 is 0 Å². The lowest BCUT2D eigenvalue weighted by Crippen LogP contribution is -2.42. The molecule has 1 aromatic rings. The Kier molecular flexibility index (Phi) is 5.00. The molecule has 2 atom stereocenters. The molecule has 0 spiro atoms. The van der Waals surface area contributed by atoms with E-state index in [0.29, 0.717) is 17.9 Å². The molecule has 0 aliphatic carbocycles. The average Bonchev–Trinajstić information content (AvgIpc) is 2.93. The zero-order valence-electron chi connectivity index (χ0n) is 12.6. The highest BCUT2D eigenvalue weighted by Crippen LogP contribution is 2.26. The van der Waals surface area contributed by atoms with Crippen LogP contribution < -0.4 is 5.73 Å². The molecule has 2 heteroatoms. The lowest BCUT2D eigenvalue weighted by Gasteiger charge is -2.32. The summed E-state index contributed by atoms with van der Waals surface area (Å²) in [5, 5.41) is 0. The van der Waals surface area contributed by atoms with Crippen LogP contribution in [-0.4, -0.2) is 30.6 Å². The van der Waals surface area contributed by atoms with Gasteiger partial charge in [-0.05, 0) is 48.9 Å². The summed E-state index contributed by atoms with van der Waals surface area (Å²) in [5.74, 6) is 1.12. The van der Waals surface area contributed by atoms with Crippen LogP contribution in [0, 0.1) is 0 Å². The zero-order chi connectivity index (χ0) is 13.8. The number of rotatable bonds is 5. The molecule has 106 valence electrons. The van der Waals surface area contributed by atoms with Crippen LogP contribution in [0.3, 0.4) is 0 Å². The molecule has 2 N–H and O–H groups in total. The van der Waals surface area contributed by atoms with Gasteiger partial charge in [-0.25, -0.2) is 0 Å². The predicted molar refractivity (Wildman–Crippen MR) is 82.6 cm³/mol. The van der Waals surface area contributed by atoms with Crippen LogP contribution in [0.25, 0.3) is 0 Å². The van der Waals surface area contributed by atoms with Crippen molar-refractivity contribution >= 4 is 0 Å². The maximum absolute atomic E-state index is 6.03. The van der Waals surface area contributed by atoms with E-state index in [4.69, 9.17) is 5.73 Å². The Bertz CT molecular complexity index is 377. The normalized spacial score (nSPS) is 19.8. The SMILES string of the molecule is CC(C)c1ccc(C(C)C(CN)N2CCCC2)cc1. The van der Waals surface area contributed by atoms with Gasteiger partial charge in [0.15, 0.2) is 0 Å². The molecule has 0 amide bonds. The van der Waals surface area contributed by atoms with E-state index in [9.17, 15) is 0 Å². The molecule has 2 unspecified atom stereocenters. The van der Waals surface area contributed by atoms with Gasteiger partial charge in [-0.3, -0.25) is 4.90 Å². The number of benzene rings is 1. The Labute approximate surface area is 118 Å². The highest BCUT2D eigenvalue weighted by molar-refractivity contribution is 5.28. The van der Waals surface area contributed by atoms with Crippen LogP contribution in [0.1, 0.15) is 56.6 Å². The Morgan fingerprint density at radius 2 is 1.53 bits per heavy atom. The molecule has 0 radical (unpaired) electrons. The van der Waals surface area contributed by atoms with Crippen LogP contribution in [-0.2, 0) is 0 Å². The van der Waals surface area contributed by atoms with E-state index in [1.54, 1.807) is 0 Å². The van der Waals surface area contributed by atoms with E-state index in [0.717, 1.165) is 6.54 Å². The fourth-order valence-electron chi connectivity index (χ4n) is 3.15. The molecule has 2 rings (SSSR count). The molecular weight excluding hydrogens is 232 g/mol. The summed E-state index contributed by atoms with van der Waals surface area (Å²) in [6.07, 6.45) is 2.66. The standard InChI is InChI=1S/C17H28N2/c1-13(2)15-6-8-16(9-7-15)14(3)17(12-18)19-10-4-5-11-19/h6-9,13-14,17H,4-5,10-12,18H2,1-3H3. The van der Waals surface area contributed by atoms with Crippen LogP contribution in [0.4, 0.5) is 0 Å². The largest absolute Gasteiger partial charge is 0.329 e. The topological polar surface area (TPSA) is 29.3 Å². The average molecular weight is 260 g/mol. The number of likely N-dealkylation sites (tertiary alicyclic amines) is 1. The van der Waals surface area contributed by atoms with Gasteiger partial charge in [-0.2, -0.15) is 0 Å². The van der Waals surface area contributed by atoms with Crippen LogP contribution >= 0.6 is 0 Å². The second-order valence-corrected chi connectivity index (χ2v) is 6.16. The zero-order valence-corrected chi connectivity index (χ0v) is 12.6. The third-order valence-electron chi connectivity index (χ3n) is 4.56. The Hall–Kier alpha value is -0.860. The first-order valence-corrected chi connectivity index (χ1v) is 7.67. The molecule has 0 bridgehead atoms. The van der Waals surface area contributed by atoms with Crippen molar-refractivity contribution in [2.45, 2.75) is 51.5 Å². The number of hydrogen-bond acceptors (Lipinski definition) is 2. The lowest BCUT2D eigenvalue weighted by atomic mass is 9.90. The summed E-state index contributed by atoms with van der Waals surface area (Å²) in [6, 6.07) is 9.62. The van der Waals surface area contributed by atoms with Gasteiger partial charge in [0.1, 0.15) is 0 Å². The molecule has 0 saturated carbocycles. The first-order valence-electron chi connectivity index (χ1n) is 7.67. The Morgan fingerprint density at radius 1 is 1.00 bits per heavy atom. The lowest BCUT2D eigenvalue weighted by molar-refractivity contribution is 0.221. The minimum absolute atomic E-state index is 0.493. The molecule has 1 aliphatic rings. The first kappa shape index (κ1) is 14.5. The van der Waals surface area contributed by atoms with Gasteiger partial charge in [-0.1, -0.05) is 45.0 Å². The van der Waals surface area contributed by atoms with Gasteiger partial charge in [-0.15, -0.1) is 0 Å². The summed E-state index contributed by atoms with van der Waals surface area (Å²) in [7, 11) is 0. The van der Waals surface area contributed by atoms with Gasteiger partial charge in [0.25, 0.3) is 0 Å². The number of hydrogen-bond donors (Lipinski definition) is 1. The van der Waals surface area contributed by atoms with E-state index < -0.39 is 0 Å². The van der Waals surface area contributed by atoms with Crippen molar-refractivity contribution in [2.24, 2.45) is 5.73 Å². The summed E-state index contributed by atoms with van der Waals surface area (Å²) in [4.78, 5) is 2.57. The minimum Gasteiger partial charge on any atom is -0.329 e. The molecule has 19 heavy (non-hydrogen) atoms. The number of nitrogens with zero attached hydrogens (tertiary/aromatic N) is 1. The van der Waals surface area contributed by atoms with Crippen molar-refractivity contribution in [3.63, 3.8) is 0 Å². The second-order valence-electron chi connectivity index (χ2n) is 6.16. The van der Waals surface area contributed by atoms with Crippen molar-refractivity contribution in [3.05, 3.63) is 35.4 Å². The smallest absolute Gasteiger partial charge is 0.0284 e. The van der Waals surface area contributed by atoms with Crippen LogP contribution in [0.15, 0.2) is 24.3 Å². The number of nitrogens with two attached hydrogens (primary N) is 1. The maximum Gasteiger partial charge on any atom is 0.0284 e. The van der Waals surface area contributed by atoms with E-state index in [2.05, 4.69) is 49.9 Å². The molecule has 0 aromatic heterocycles. The molecule has 1 aromatic carbocycles. The predicted octanol–water partition coefficient (Wildman–Crippen LogP) is 3.34. The Balaban J connectivity index is 2.10. The van der Waals surface area contributed by atoms with Gasteiger partial charge in [0.05, 0.1) is 0 Å². The highest BCUT2D eigenvalue weighted by Gasteiger charge is 2.26. The first-order chi connectivity index (χ1) is 9.13. The fourth-order valence-corrected chi connectivity index (χ4v) is 3.15. The molecule has 1 fully saturated rings. The minimum atomic E-state index is 0.493. The third-order valence-corrected chi connectivity index (χ3v) is 4.56. The molecule has 2 nitrogen and oxygen atoms in total. The van der Waals surface area contributed by atoms with Crippen molar-refractivity contribution in [2.75, 3.05) is 19.6 Å². The molecule has 1 saturated heterocycles. The van der Waals surface area contributed by atoms with Gasteiger partial charge < -0.3 is 5.73 Å². The summed E-state index contributed by atoms with van der Waals surface area (Å²) >= 11 is 0. The van der Waals surface area contributed by atoms with Crippen molar-refractivity contribution in [1.82, 2.24) is 4.90 Å². The van der Waals surface area contributed by atoms with E-state index in [1.165, 1.54) is 37.1 Å².